The monoisotopic (exact) mass is 243 g/mol. The van der Waals surface area contributed by atoms with E-state index in [1.54, 1.807) is 4.57 Å². The number of halogens is 3. The Morgan fingerprint density at radius 2 is 1.94 bits per heavy atom. The predicted molar refractivity (Wildman–Crippen MR) is 58.7 cm³/mol. The van der Waals surface area contributed by atoms with Gasteiger partial charge in [0.25, 0.3) is 0 Å². The maximum absolute atomic E-state index is 12.0. The van der Waals surface area contributed by atoms with Crippen LogP contribution in [0.4, 0.5) is 13.2 Å². The molecule has 2 nitrogen and oxygen atoms in total. The van der Waals surface area contributed by atoms with Gasteiger partial charge in [0, 0.05) is 5.69 Å². The fourth-order valence-electron chi connectivity index (χ4n) is 1.77. The molecular formula is C12H12F3NO. The molecule has 5 heteroatoms. The number of aryl methyl sites for hydroxylation is 1. The lowest BCUT2D eigenvalue weighted by Crippen LogP contribution is -2.18. The molecule has 17 heavy (non-hydrogen) atoms. The molecule has 0 atom stereocenters. The van der Waals surface area contributed by atoms with Gasteiger partial charge in [-0.15, -0.1) is 0 Å². The number of hydrogen-bond donors (Lipinski definition) is 0. The van der Waals surface area contributed by atoms with Crippen molar-refractivity contribution in [1.82, 2.24) is 4.57 Å². The first-order valence-electron chi connectivity index (χ1n) is 5.17. The highest BCUT2D eigenvalue weighted by molar-refractivity contribution is 5.81. The highest BCUT2D eigenvalue weighted by Gasteiger charge is 2.27. The topological polar surface area (TPSA) is 14.2 Å². The van der Waals surface area contributed by atoms with Gasteiger partial charge in [-0.05, 0) is 24.4 Å². The molecule has 1 heterocycles. The Hall–Kier alpha value is -1.49. The van der Waals surface area contributed by atoms with Gasteiger partial charge >= 0.3 is 6.18 Å². The summed E-state index contributed by atoms with van der Waals surface area (Å²) in [5.41, 5.74) is 1.76. The van der Waals surface area contributed by atoms with Crippen molar-refractivity contribution in [3.8, 4) is 0 Å². The molecule has 0 fully saturated rings. The van der Waals surface area contributed by atoms with E-state index >= 15 is 0 Å². The number of fused-ring (bicyclic) bond motifs is 1. The van der Waals surface area contributed by atoms with Crippen molar-refractivity contribution in [3.05, 3.63) is 36.0 Å². The SMILES string of the molecule is Cc1cc2ccccc2n1COCC(F)(F)F. The van der Waals surface area contributed by atoms with E-state index in [0.717, 1.165) is 16.6 Å². The summed E-state index contributed by atoms with van der Waals surface area (Å²) in [6.07, 6.45) is -4.28. The van der Waals surface area contributed by atoms with Crippen LogP contribution in [-0.4, -0.2) is 17.4 Å². The summed E-state index contributed by atoms with van der Waals surface area (Å²) in [6, 6.07) is 9.44. The lowest BCUT2D eigenvalue weighted by Gasteiger charge is -2.11. The van der Waals surface area contributed by atoms with Crippen LogP contribution in [-0.2, 0) is 11.5 Å². The molecule has 92 valence electrons. The molecule has 0 spiro atoms. The van der Waals surface area contributed by atoms with Crippen molar-refractivity contribution < 1.29 is 17.9 Å². The van der Waals surface area contributed by atoms with Crippen molar-refractivity contribution >= 4 is 10.9 Å². The Balaban J connectivity index is 2.15. The molecule has 0 saturated carbocycles. The van der Waals surface area contributed by atoms with Crippen LogP contribution in [0.2, 0.25) is 0 Å². The van der Waals surface area contributed by atoms with E-state index in [1.807, 2.05) is 37.3 Å². The van der Waals surface area contributed by atoms with Gasteiger partial charge in [-0.1, -0.05) is 18.2 Å². The van der Waals surface area contributed by atoms with Crippen LogP contribution >= 0.6 is 0 Å². The average molecular weight is 243 g/mol. The molecule has 1 aromatic carbocycles. The number of aromatic nitrogens is 1. The van der Waals surface area contributed by atoms with Gasteiger partial charge in [0.15, 0.2) is 0 Å². The van der Waals surface area contributed by atoms with E-state index in [2.05, 4.69) is 4.74 Å². The summed E-state index contributed by atoms with van der Waals surface area (Å²) in [5, 5.41) is 1.00. The fourth-order valence-corrected chi connectivity index (χ4v) is 1.77. The molecule has 0 aliphatic heterocycles. The van der Waals surface area contributed by atoms with Gasteiger partial charge in [-0.3, -0.25) is 0 Å². The highest BCUT2D eigenvalue weighted by Crippen LogP contribution is 2.20. The molecule has 2 aromatic rings. The van der Waals surface area contributed by atoms with Crippen LogP contribution in [0.1, 0.15) is 5.69 Å². The third-order valence-electron chi connectivity index (χ3n) is 2.50. The largest absolute Gasteiger partial charge is 0.411 e. The van der Waals surface area contributed by atoms with Gasteiger partial charge in [-0.2, -0.15) is 13.2 Å². The minimum absolute atomic E-state index is 0.0845. The number of para-hydroxylation sites is 1. The van der Waals surface area contributed by atoms with Crippen LogP contribution in [0.3, 0.4) is 0 Å². The Morgan fingerprint density at radius 1 is 1.24 bits per heavy atom. The molecule has 0 N–H and O–H groups in total. The normalized spacial score (nSPS) is 12.2. The van der Waals surface area contributed by atoms with Gasteiger partial charge < -0.3 is 9.30 Å². The predicted octanol–water partition coefficient (Wildman–Crippen LogP) is 3.49. The van der Waals surface area contributed by atoms with E-state index in [0.29, 0.717) is 0 Å². The Kier molecular flexibility index (Phi) is 3.11. The van der Waals surface area contributed by atoms with Gasteiger partial charge in [0.05, 0.1) is 5.52 Å². The number of hydrogen-bond acceptors (Lipinski definition) is 1. The van der Waals surface area contributed by atoms with E-state index < -0.39 is 12.8 Å². The van der Waals surface area contributed by atoms with Crippen LogP contribution in [0.25, 0.3) is 10.9 Å². The minimum atomic E-state index is -4.28. The van der Waals surface area contributed by atoms with Crippen molar-refractivity contribution in [3.63, 3.8) is 0 Å². The summed E-state index contributed by atoms with van der Waals surface area (Å²) in [7, 11) is 0. The molecule has 0 bridgehead atoms. The molecule has 0 unspecified atom stereocenters. The van der Waals surface area contributed by atoms with Gasteiger partial charge in [0.1, 0.15) is 13.3 Å². The zero-order chi connectivity index (χ0) is 12.5. The van der Waals surface area contributed by atoms with Crippen molar-refractivity contribution in [2.75, 3.05) is 6.61 Å². The van der Waals surface area contributed by atoms with Gasteiger partial charge in [0.2, 0.25) is 0 Å². The van der Waals surface area contributed by atoms with E-state index in [9.17, 15) is 13.2 Å². The fraction of sp³-hybridized carbons (Fsp3) is 0.333. The molecule has 0 aliphatic carbocycles. The van der Waals surface area contributed by atoms with E-state index in [1.165, 1.54) is 0 Å². The summed E-state index contributed by atoms with van der Waals surface area (Å²) in [6.45, 7) is 0.536. The number of benzene rings is 1. The molecule has 0 radical (unpaired) electrons. The summed E-state index contributed by atoms with van der Waals surface area (Å²) < 4.78 is 42.3. The standard InChI is InChI=1S/C12H12F3NO/c1-9-6-10-4-2-3-5-11(10)16(9)8-17-7-12(13,14)15/h2-6H,7-8H2,1H3. The lowest BCUT2D eigenvalue weighted by atomic mass is 10.2. The summed E-state index contributed by atoms with van der Waals surface area (Å²) in [5.74, 6) is 0. The van der Waals surface area contributed by atoms with Crippen LogP contribution in [0.15, 0.2) is 30.3 Å². The zero-order valence-electron chi connectivity index (χ0n) is 9.29. The van der Waals surface area contributed by atoms with E-state index in [4.69, 9.17) is 0 Å². The smallest absolute Gasteiger partial charge is 0.351 e. The second-order valence-corrected chi connectivity index (χ2v) is 3.87. The molecule has 0 saturated heterocycles. The quantitative estimate of drug-likeness (QED) is 0.804. The highest BCUT2D eigenvalue weighted by atomic mass is 19.4. The number of alkyl halides is 3. The van der Waals surface area contributed by atoms with Crippen molar-refractivity contribution in [2.24, 2.45) is 0 Å². The summed E-state index contributed by atoms with van der Waals surface area (Å²) in [4.78, 5) is 0. The third kappa shape index (κ3) is 2.79. The Bertz CT molecular complexity index is 516. The molecule has 0 aliphatic rings. The minimum Gasteiger partial charge on any atom is -0.351 e. The Labute approximate surface area is 96.6 Å². The van der Waals surface area contributed by atoms with E-state index in [-0.39, 0.29) is 6.73 Å². The first-order valence-corrected chi connectivity index (χ1v) is 5.17. The second kappa shape index (κ2) is 4.41. The van der Waals surface area contributed by atoms with Crippen LogP contribution in [0, 0.1) is 6.92 Å². The molecular weight excluding hydrogens is 231 g/mol. The van der Waals surface area contributed by atoms with Crippen LogP contribution < -0.4 is 0 Å². The average Bonchev–Trinajstić information content (AvgIpc) is 2.54. The Morgan fingerprint density at radius 3 is 2.65 bits per heavy atom. The van der Waals surface area contributed by atoms with Crippen molar-refractivity contribution in [1.29, 1.82) is 0 Å². The lowest BCUT2D eigenvalue weighted by molar-refractivity contribution is -0.181. The molecule has 1 aromatic heterocycles. The summed E-state index contributed by atoms with van der Waals surface area (Å²) >= 11 is 0. The molecule has 2 rings (SSSR count). The van der Waals surface area contributed by atoms with Crippen LogP contribution in [0.5, 0.6) is 0 Å². The first-order chi connectivity index (χ1) is 7.97. The second-order valence-electron chi connectivity index (χ2n) is 3.87. The molecule has 0 amide bonds. The maximum atomic E-state index is 12.0. The van der Waals surface area contributed by atoms with Crippen molar-refractivity contribution in [2.45, 2.75) is 19.8 Å². The first kappa shape index (κ1) is 12.0. The third-order valence-corrected chi connectivity index (χ3v) is 2.50. The van der Waals surface area contributed by atoms with Gasteiger partial charge in [-0.25, -0.2) is 0 Å². The number of rotatable bonds is 3. The number of nitrogens with zero attached hydrogens (tertiary/aromatic N) is 1. The zero-order valence-corrected chi connectivity index (χ0v) is 9.29. The maximum Gasteiger partial charge on any atom is 0.411 e. The number of ether oxygens (including phenoxy) is 1.